The van der Waals surface area contributed by atoms with Gasteiger partial charge in [0, 0.05) is 20.3 Å². The highest BCUT2D eigenvalue weighted by molar-refractivity contribution is 5.82. The first-order valence-electron chi connectivity index (χ1n) is 10.1. The molecule has 2 aliphatic heterocycles. The van der Waals surface area contributed by atoms with Crippen molar-refractivity contribution in [2.75, 3.05) is 19.8 Å². The number of aliphatic hydroxyl groups excluding tert-OH is 1. The monoisotopic (exact) mass is 447 g/mol. The Bertz CT molecular complexity index is 1100. The van der Waals surface area contributed by atoms with Gasteiger partial charge in [-0.1, -0.05) is 18.2 Å². The number of aromatic hydroxyl groups is 1. The molecule has 0 saturated carbocycles. The number of aliphatic imine (C=N–C) groups is 1. The molecular weight excluding hydrogens is 422 g/mol. The predicted molar refractivity (Wildman–Crippen MR) is 112 cm³/mol. The first kappa shape index (κ1) is 22.2. The molecule has 1 aromatic carbocycles. The van der Waals surface area contributed by atoms with E-state index in [2.05, 4.69) is 4.99 Å². The van der Waals surface area contributed by atoms with Crippen molar-refractivity contribution in [3.63, 3.8) is 0 Å². The zero-order valence-corrected chi connectivity index (χ0v) is 17.7. The van der Waals surface area contributed by atoms with E-state index in [1.807, 2.05) is 30.3 Å². The van der Waals surface area contributed by atoms with Crippen molar-refractivity contribution in [2.45, 2.75) is 30.6 Å². The van der Waals surface area contributed by atoms with Crippen LogP contribution in [0.25, 0.3) is 0 Å². The smallest absolute Gasteiger partial charge is 0.333 e. The molecule has 0 radical (unpaired) electrons. The fourth-order valence-corrected chi connectivity index (χ4v) is 3.62. The van der Waals surface area contributed by atoms with Crippen molar-refractivity contribution >= 4 is 6.21 Å². The third-order valence-electron chi connectivity index (χ3n) is 5.53. The van der Waals surface area contributed by atoms with E-state index >= 15 is 0 Å². The largest absolute Gasteiger partial charge is 0.494 e. The lowest BCUT2D eigenvalue weighted by atomic mass is 9.98. The summed E-state index contributed by atoms with van der Waals surface area (Å²) in [5, 5.41) is 21.0. The maximum absolute atomic E-state index is 12.3. The third-order valence-corrected chi connectivity index (χ3v) is 5.53. The van der Waals surface area contributed by atoms with Crippen LogP contribution in [0.1, 0.15) is 5.56 Å². The fourth-order valence-electron chi connectivity index (χ4n) is 3.62. The molecule has 11 nitrogen and oxygen atoms in total. The molecule has 2 N–H and O–H groups in total. The van der Waals surface area contributed by atoms with Crippen LogP contribution in [0.3, 0.4) is 0 Å². The minimum absolute atomic E-state index is 0.0730. The van der Waals surface area contributed by atoms with E-state index in [4.69, 9.17) is 18.9 Å². The Morgan fingerprint density at radius 1 is 1.16 bits per heavy atom. The van der Waals surface area contributed by atoms with Gasteiger partial charge in [-0.05, 0) is 12.1 Å². The summed E-state index contributed by atoms with van der Waals surface area (Å²) in [6, 6.07) is 8.47. The van der Waals surface area contributed by atoms with Crippen molar-refractivity contribution in [3.8, 4) is 11.6 Å². The van der Waals surface area contributed by atoms with Crippen LogP contribution in [0.4, 0.5) is 0 Å². The SMILES string of the molecule is Cn1c(O)c(C=NC2COC3COC(COc4ccccc4)O[C@H]3[C@@H]2O)c(=O)n(C)c1=O. The standard InChI is InChI=1S/C21H25N3O8/c1-23-19(26)13(20(27)24(2)21(23)28)8-22-14-9-30-15-10-31-16(32-18(15)17(14)25)11-29-12-6-4-3-5-7-12/h3-8,14-18,25-26H,9-11H2,1-2H3/t14?,15?,16?,17-,18-/m1/s1. The Labute approximate surface area is 183 Å². The van der Waals surface area contributed by atoms with E-state index in [1.165, 1.54) is 14.1 Å². The molecule has 0 bridgehead atoms. The van der Waals surface area contributed by atoms with Crippen molar-refractivity contribution in [1.82, 2.24) is 9.13 Å². The quantitative estimate of drug-likeness (QED) is 0.567. The summed E-state index contributed by atoms with van der Waals surface area (Å²) < 4.78 is 24.7. The van der Waals surface area contributed by atoms with Crippen LogP contribution in [0.15, 0.2) is 44.9 Å². The number of ether oxygens (including phenoxy) is 4. The van der Waals surface area contributed by atoms with E-state index in [-0.39, 0.29) is 25.4 Å². The Balaban J connectivity index is 1.45. The number of benzene rings is 1. The second kappa shape index (κ2) is 9.25. The van der Waals surface area contributed by atoms with E-state index in [0.29, 0.717) is 5.75 Å². The molecule has 3 heterocycles. The van der Waals surface area contributed by atoms with E-state index in [0.717, 1.165) is 15.3 Å². The number of hydrogen-bond donors (Lipinski definition) is 2. The van der Waals surface area contributed by atoms with Crippen LogP contribution in [0.5, 0.6) is 11.6 Å². The number of aromatic nitrogens is 2. The second-order valence-electron chi connectivity index (χ2n) is 7.64. The zero-order valence-electron chi connectivity index (χ0n) is 17.7. The lowest BCUT2D eigenvalue weighted by Gasteiger charge is -2.43. The van der Waals surface area contributed by atoms with Crippen LogP contribution in [0, 0.1) is 0 Å². The van der Waals surface area contributed by atoms with Gasteiger partial charge in [0.05, 0.1) is 13.2 Å². The summed E-state index contributed by atoms with van der Waals surface area (Å²) in [7, 11) is 2.64. The zero-order chi connectivity index (χ0) is 22.8. The summed E-state index contributed by atoms with van der Waals surface area (Å²) in [6.45, 7) is 0.433. The fraction of sp³-hybridized carbons (Fsp3) is 0.476. The average Bonchev–Trinajstić information content (AvgIpc) is 2.82. The van der Waals surface area contributed by atoms with Gasteiger partial charge in [-0.3, -0.25) is 18.9 Å². The van der Waals surface area contributed by atoms with Gasteiger partial charge in [-0.2, -0.15) is 0 Å². The molecule has 0 aliphatic carbocycles. The molecule has 2 fully saturated rings. The van der Waals surface area contributed by atoms with E-state index in [1.54, 1.807) is 0 Å². The molecule has 1 aromatic heterocycles. The number of rotatable bonds is 5. The van der Waals surface area contributed by atoms with Gasteiger partial charge in [0.2, 0.25) is 5.88 Å². The van der Waals surface area contributed by atoms with Gasteiger partial charge in [0.15, 0.2) is 6.29 Å². The Morgan fingerprint density at radius 2 is 1.91 bits per heavy atom. The Hall–Kier alpha value is -2.99. The molecule has 32 heavy (non-hydrogen) atoms. The van der Waals surface area contributed by atoms with Crippen LogP contribution < -0.4 is 16.0 Å². The van der Waals surface area contributed by atoms with Crippen LogP contribution in [-0.4, -0.2) is 76.0 Å². The van der Waals surface area contributed by atoms with Crippen molar-refractivity contribution < 1.29 is 29.2 Å². The highest BCUT2D eigenvalue weighted by atomic mass is 16.7. The molecule has 4 rings (SSSR count). The molecule has 3 unspecified atom stereocenters. The first-order chi connectivity index (χ1) is 15.4. The Kier molecular flexibility index (Phi) is 6.42. The number of nitrogens with zero attached hydrogens (tertiary/aromatic N) is 3. The van der Waals surface area contributed by atoms with E-state index < -0.39 is 47.8 Å². The third kappa shape index (κ3) is 4.32. The number of para-hydroxylation sites is 1. The summed E-state index contributed by atoms with van der Waals surface area (Å²) in [6.07, 6.45) is -1.77. The predicted octanol–water partition coefficient (Wildman–Crippen LogP) is -0.843. The van der Waals surface area contributed by atoms with Gasteiger partial charge < -0.3 is 29.2 Å². The molecule has 0 amide bonds. The van der Waals surface area contributed by atoms with Crippen LogP contribution in [0.2, 0.25) is 0 Å². The summed E-state index contributed by atoms with van der Waals surface area (Å²) in [5.74, 6) is 0.162. The summed E-state index contributed by atoms with van der Waals surface area (Å²) >= 11 is 0. The van der Waals surface area contributed by atoms with Crippen LogP contribution >= 0.6 is 0 Å². The van der Waals surface area contributed by atoms with Crippen LogP contribution in [-0.2, 0) is 28.3 Å². The number of fused-ring (bicyclic) bond motifs is 1. The van der Waals surface area contributed by atoms with Crippen molar-refractivity contribution in [3.05, 3.63) is 56.7 Å². The van der Waals surface area contributed by atoms with Gasteiger partial charge >= 0.3 is 5.69 Å². The van der Waals surface area contributed by atoms with Gasteiger partial charge in [-0.25, -0.2) is 4.79 Å². The highest BCUT2D eigenvalue weighted by Gasteiger charge is 2.44. The number of hydrogen-bond acceptors (Lipinski definition) is 9. The first-order valence-corrected chi connectivity index (χ1v) is 10.1. The lowest BCUT2D eigenvalue weighted by Crippen LogP contribution is -2.59. The normalized spacial score (nSPS) is 27.9. The average molecular weight is 447 g/mol. The molecule has 2 aromatic rings. The molecule has 11 heteroatoms. The topological polar surface area (TPSA) is 134 Å². The van der Waals surface area contributed by atoms with E-state index in [9.17, 15) is 19.8 Å². The minimum Gasteiger partial charge on any atom is -0.494 e. The van der Waals surface area contributed by atoms with Crippen molar-refractivity contribution in [1.29, 1.82) is 0 Å². The summed E-state index contributed by atoms with van der Waals surface area (Å²) in [4.78, 5) is 28.4. The highest BCUT2D eigenvalue weighted by Crippen LogP contribution is 2.27. The maximum Gasteiger partial charge on any atom is 0.333 e. The Morgan fingerprint density at radius 3 is 2.66 bits per heavy atom. The van der Waals surface area contributed by atoms with Crippen molar-refractivity contribution in [2.24, 2.45) is 19.1 Å². The second-order valence-corrected chi connectivity index (χ2v) is 7.64. The van der Waals surface area contributed by atoms with Gasteiger partial charge in [-0.15, -0.1) is 0 Å². The number of aliphatic hydroxyl groups is 1. The summed E-state index contributed by atoms with van der Waals surface area (Å²) in [5.41, 5.74) is -1.52. The van der Waals surface area contributed by atoms with Gasteiger partial charge in [0.1, 0.15) is 42.3 Å². The lowest BCUT2D eigenvalue weighted by molar-refractivity contribution is -0.302. The molecule has 5 atom stereocenters. The molecule has 2 saturated heterocycles. The maximum atomic E-state index is 12.3. The molecular formula is C21H25N3O8. The molecule has 172 valence electrons. The van der Waals surface area contributed by atoms with Gasteiger partial charge in [0.25, 0.3) is 5.56 Å². The molecule has 0 spiro atoms. The molecule has 2 aliphatic rings. The minimum atomic E-state index is -1.04.